The maximum absolute atomic E-state index is 12.7. The summed E-state index contributed by atoms with van der Waals surface area (Å²) in [6.07, 6.45) is 6.20. The zero-order valence-corrected chi connectivity index (χ0v) is 14.7. The fraction of sp³-hybridized carbons (Fsp3) is 0.421. The molecule has 0 saturated carbocycles. The minimum Gasteiger partial charge on any atom is -0.338 e. The zero-order chi connectivity index (χ0) is 17.8. The third-order valence-electron chi connectivity index (χ3n) is 4.70. The normalized spacial score (nSPS) is 17.2. The first-order chi connectivity index (χ1) is 12.0. The highest BCUT2D eigenvalue weighted by atomic mass is 16.2. The average molecular weight is 340 g/mol. The Morgan fingerprint density at radius 1 is 1.44 bits per heavy atom. The Kier molecular flexibility index (Phi) is 5.28. The van der Waals surface area contributed by atoms with Gasteiger partial charge >= 0.3 is 0 Å². The molecule has 0 unspecified atom stereocenters. The van der Waals surface area contributed by atoms with E-state index in [1.54, 1.807) is 30.3 Å². The molecule has 3 rings (SSSR count). The fourth-order valence-corrected chi connectivity index (χ4v) is 3.48. The molecular weight excluding hydrogens is 316 g/mol. The number of carbonyl (C=O) groups is 1. The van der Waals surface area contributed by atoms with E-state index >= 15 is 0 Å². The maximum Gasteiger partial charge on any atom is 0.261 e. The van der Waals surface area contributed by atoms with Crippen molar-refractivity contribution in [3.05, 3.63) is 63.8 Å². The van der Waals surface area contributed by atoms with Gasteiger partial charge in [-0.05, 0) is 49.6 Å². The van der Waals surface area contributed by atoms with Crippen LogP contribution < -0.4 is 5.56 Å². The van der Waals surface area contributed by atoms with Gasteiger partial charge in [-0.15, -0.1) is 0 Å². The van der Waals surface area contributed by atoms with Crippen LogP contribution in [0, 0.1) is 12.8 Å². The number of amides is 1. The SMILES string of the molecule is Cc1cc[nH]c(=O)c1C(=O)N1CC[C@@H](CN(C)Cc2cccnc2)C1. The number of H-pyrrole nitrogens is 1. The summed E-state index contributed by atoms with van der Waals surface area (Å²) in [7, 11) is 2.09. The number of likely N-dealkylation sites (tertiary alicyclic amines) is 1. The molecule has 25 heavy (non-hydrogen) atoms. The molecule has 2 aromatic heterocycles. The first-order valence-electron chi connectivity index (χ1n) is 8.59. The molecule has 6 heteroatoms. The molecule has 1 saturated heterocycles. The Balaban J connectivity index is 1.58. The molecule has 0 spiro atoms. The molecule has 132 valence electrons. The van der Waals surface area contributed by atoms with E-state index in [-0.39, 0.29) is 17.0 Å². The lowest BCUT2D eigenvalue weighted by Gasteiger charge is -2.21. The molecule has 1 N–H and O–H groups in total. The fourth-order valence-electron chi connectivity index (χ4n) is 3.48. The molecule has 1 fully saturated rings. The Hall–Kier alpha value is -2.47. The number of aryl methyl sites for hydroxylation is 1. The van der Waals surface area contributed by atoms with E-state index in [0.717, 1.165) is 25.1 Å². The van der Waals surface area contributed by atoms with Crippen molar-refractivity contribution < 1.29 is 4.79 Å². The summed E-state index contributed by atoms with van der Waals surface area (Å²) >= 11 is 0. The number of aromatic nitrogens is 2. The van der Waals surface area contributed by atoms with Crippen molar-refractivity contribution in [1.82, 2.24) is 19.8 Å². The molecule has 3 heterocycles. The van der Waals surface area contributed by atoms with Crippen LogP contribution in [-0.4, -0.2) is 52.4 Å². The number of nitrogens with one attached hydrogen (secondary N) is 1. The summed E-state index contributed by atoms with van der Waals surface area (Å²) < 4.78 is 0. The van der Waals surface area contributed by atoms with Crippen molar-refractivity contribution in [3.63, 3.8) is 0 Å². The van der Waals surface area contributed by atoms with Crippen LogP contribution in [0.4, 0.5) is 0 Å². The van der Waals surface area contributed by atoms with Crippen LogP contribution in [0.3, 0.4) is 0 Å². The Labute approximate surface area is 147 Å². The molecule has 1 atom stereocenters. The van der Waals surface area contributed by atoms with Gasteiger partial charge < -0.3 is 14.8 Å². The van der Waals surface area contributed by atoms with Gasteiger partial charge in [0.05, 0.1) is 0 Å². The average Bonchev–Trinajstić information content (AvgIpc) is 3.03. The lowest BCUT2D eigenvalue weighted by molar-refractivity contribution is 0.0781. The van der Waals surface area contributed by atoms with Gasteiger partial charge in [-0.2, -0.15) is 0 Å². The molecule has 0 aliphatic carbocycles. The van der Waals surface area contributed by atoms with Crippen molar-refractivity contribution in [3.8, 4) is 0 Å². The summed E-state index contributed by atoms with van der Waals surface area (Å²) in [5.74, 6) is 0.269. The van der Waals surface area contributed by atoms with Crippen LogP contribution in [0.5, 0.6) is 0 Å². The van der Waals surface area contributed by atoms with E-state index in [1.807, 2.05) is 12.3 Å². The van der Waals surface area contributed by atoms with Crippen LogP contribution >= 0.6 is 0 Å². The summed E-state index contributed by atoms with van der Waals surface area (Å²) in [5.41, 5.74) is 1.88. The monoisotopic (exact) mass is 340 g/mol. The van der Waals surface area contributed by atoms with Gasteiger partial charge in [-0.3, -0.25) is 14.6 Å². The second-order valence-electron chi connectivity index (χ2n) is 6.83. The molecule has 0 bridgehead atoms. The molecule has 1 aliphatic heterocycles. The summed E-state index contributed by atoms with van der Waals surface area (Å²) in [5, 5.41) is 0. The first kappa shape index (κ1) is 17.4. The number of pyridine rings is 2. The van der Waals surface area contributed by atoms with Crippen molar-refractivity contribution in [1.29, 1.82) is 0 Å². The number of nitrogens with zero attached hydrogens (tertiary/aromatic N) is 3. The summed E-state index contributed by atoms with van der Waals surface area (Å²) in [4.78, 5) is 35.5. The Morgan fingerprint density at radius 3 is 3.00 bits per heavy atom. The summed E-state index contributed by atoms with van der Waals surface area (Å²) in [6, 6.07) is 5.78. The molecule has 6 nitrogen and oxygen atoms in total. The quantitative estimate of drug-likeness (QED) is 0.899. The highest BCUT2D eigenvalue weighted by Gasteiger charge is 2.29. The number of aromatic amines is 1. The van der Waals surface area contributed by atoms with E-state index in [4.69, 9.17) is 0 Å². The van der Waals surface area contributed by atoms with Crippen LogP contribution in [0.1, 0.15) is 27.9 Å². The minimum absolute atomic E-state index is 0.156. The third kappa shape index (κ3) is 4.14. The zero-order valence-electron chi connectivity index (χ0n) is 14.7. The summed E-state index contributed by atoms with van der Waals surface area (Å²) in [6.45, 7) is 4.97. The second kappa shape index (κ2) is 7.61. The minimum atomic E-state index is -0.304. The first-order valence-corrected chi connectivity index (χ1v) is 8.59. The highest BCUT2D eigenvalue weighted by molar-refractivity contribution is 5.95. The molecule has 2 aromatic rings. The molecule has 1 amide bonds. The van der Waals surface area contributed by atoms with E-state index in [0.29, 0.717) is 19.0 Å². The van der Waals surface area contributed by atoms with Gasteiger partial charge in [-0.1, -0.05) is 6.07 Å². The number of carbonyl (C=O) groups excluding carboxylic acids is 1. The predicted octanol–water partition coefficient (Wildman–Crippen LogP) is 1.67. The van der Waals surface area contributed by atoms with Crippen LogP contribution in [0.25, 0.3) is 0 Å². The van der Waals surface area contributed by atoms with E-state index in [9.17, 15) is 9.59 Å². The van der Waals surface area contributed by atoms with Gasteiger partial charge in [0.1, 0.15) is 5.56 Å². The van der Waals surface area contributed by atoms with Crippen LogP contribution in [0.15, 0.2) is 41.6 Å². The second-order valence-corrected chi connectivity index (χ2v) is 6.83. The maximum atomic E-state index is 12.7. The van der Waals surface area contributed by atoms with Crippen molar-refractivity contribution in [2.24, 2.45) is 5.92 Å². The van der Waals surface area contributed by atoms with E-state index in [2.05, 4.69) is 28.0 Å². The number of rotatable bonds is 5. The van der Waals surface area contributed by atoms with Crippen molar-refractivity contribution in [2.75, 3.05) is 26.7 Å². The van der Waals surface area contributed by atoms with Gasteiger partial charge in [-0.25, -0.2) is 0 Å². The largest absolute Gasteiger partial charge is 0.338 e. The van der Waals surface area contributed by atoms with Crippen molar-refractivity contribution >= 4 is 5.91 Å². The van der Waals surface area contributed by atoms with E-state index in [1.165, 1.54) is 5.56 Å². The van der Waals surface area contributed by atoms with Crippen molar-refractivity contribution in [2.45, 2.75) is 19.9 Å². The molecular formula is C19H24N4O2. The van der Waals surface area contributed by atoms with Gasteiger partial charge in [0.15, 0.2) is 0 Å². The predicted molar refractivity (Wildman–Crippen MR) is 96.4 cm³/mol. The number of hydrogen-bond acceptors (Lipinski definition) is 4. The van der Waals surface area contributed by atoms with Gasteiger partial charge in [0.2, 0.25) is 0 Å². The molecule has 0 aromatic carbocycles. The highest BCUT2D eigenvalue weighted by Crippen LogP contribution is 2.20. The smallest absolute Gasteiger partial charge is 0.261 e. The van der Waals surface area contributed by atoms with Gasteiger partial charge in [0, 0.05) is 44.8 Å². The lowest BCUT2D eigenvalue weighted by atomic mass is 10.1. The Bertz CT molecular complexity index is 788. The third-order valence-corrected chi connectivity index (χ3v) is 4.70. The topological polar surface area (TPSA) is 69.3 Å². The van der Waals surface area contributed by atoms with Gasteiger partial charge in [0.25, 0.3) is 11.5 Å². The van der Waals surface area contributed by atoms with Crippen LogP contribution in [0.2, 0.25) is 0 Å². The van der Waals surface area contributed by atoms with E-state index < -0.39 is 0 Å². The van der Waals surface area contributed by atoms with Crippen LogP contribution in [-0.2, 0) is 6.54 Å². The Morgan fingerprint density at radius 2 is 2.28 bits per heavy atom. The number of hydrogen-bond donors (Lipinski definition) is 1. The molecule has 1 aliphatic rings. The lowest BCUT2D eigenvalue weighted by Crippen LogP contribution is -2.35. The standard InChI is InChI=1S/C19H24N4O2/c1-14-5-8-21-18(24)17(14)19(25)23-9-6-16(13-23)12-22(2)11-15-4-3-7-20-10-15/h3-5,7-8,10,16H,6,9,11-13H2,1-2H3,(H,21,24)/t16-/m0/s1. The molecule has 0 radical (unpaired) electrons.